The summed E-state index contributed by atoms with van der Waals surface area (Å²) in [4.78, 5) is 18.7. The van der Waals surface area contributed by atoms with Crippen molar-refractivity contribution in [2.75, 3.05) is 33.4 Å². The van der Waals surface area contributed by atoms with Gasteiger partial charge in [-0.1, -0.05) is 0 Å². The number of aliphatic hydroxyl groups is 1. The Balaban J connectivity index is 1.40. The SMILES string of the molecule is COc1ccc2ncc(F)c([C@H](O)CCC3(C(=O)NO)CCN(CCOc4cc(F)cc(F)c4F)CC3)c2c1. The molecule has 2 heterocycles. The first-order valence-corrected chi connectivity index (χ1v) is 12.4. The van der Waals surface area contributed by atoms with E-state index in [1.54, 1.807) is 23.7 Å². The van der Waals surface area contributed by atoms with Gasteiger partial charge < -0.3 is 14.6 Å². The molecule has 39 heavy (non-hydrogen) atoms. The number of hydrogen-bond acceptors (Lipinski definition) is 7. The lowest BCUT2D eigenvalue weighted by Gasteiger charge is -2.40. The van der Waals surface area contributed by atoms with Crippen LogP contribution in [0.4, 0.5) is 17.6 Å². The van der Waals surface area contributed by atoms with Crippen LogP contribution in [0.15, 0.2) is 36.5 Å². The fourth-order valence-corrected chi connectivity index (χ4v) is 5.03. The molecular weight excluding hydrogens is 522 g/mol. The Labute approximate surface area is 222 Å². The van der Waals surface area contributed by atoms with Crippen LogP contribution in [0, 0.1) is 28.7 Å². The van der Waals surface area contributed by atoms with E-state index in [4.69, 9.17) is 9.47 Å². The molecule has 1 atom stereocenters. The van der Waals surface area contributed by atoms with Crippen molar-refractivity contribution in [1.29, 1.82) is 0 Å². The zero-order valence-electron chi connectivity index (χ0n) is 21.2. The quantitative estimate of drug-likeness (QED) is 0.150. The zero-order chi connectivity index (χ0) is 28.2. The van der Waals surface area contributed by atoms with E-state index >= 15 is 0 Å². The summed E-state index contributed by atoms with van der Waals surface area (Å²) >= 11 is 0. The van der Waals surface area contributed by atoms with Crippen LogP contribution in [0.5, 0.6) is 11.5 Å². The van der Waals surface area contributed by atoms with Gasteiger partial charge in [-0.25, -0.2) is 18.7 Å². The predicted molar refractivity (Wildman–Crippen MR) is 132 cm³/mol. The number of rotatable bonds is 10. The summed E-state index contributed by atoms with van der Waals surface area (Å²) in [6.45, 7) is 1.05. The lowest BCUT2D eigenvalue weighted by Crippen LogP contribution is -2.49. The summed E-state index contributed by atoms with van der Waals surface area (Å²) in [7, 11) is 1.47. The molecule has 1 aliphatic rings. The van der Waals surface area contributed by atoms with Crippen molar-refractivity contribution in [1.82, 2.24) is 15.4 Å². The number of methoxy groups -OCH3 is 1. The minimum absolute atomic E-state index is 0.0359. The van der Waals surface area contributed by atoms with Crippen LogP contribution in [0.1, 0.15) is 37.4 Å². The van der Waals surface area contributed by atoms with Crippen LogP contribution < -0.4 is 15.0 Å². The number of aliphatic hydroxyl groups excluding tert-OH is 1. The summed E-state index contributed by atoms with van der Waals surface area (Å²) in [6.07, 6.45) is 0.595. The second-order valence-electron chi connectivity index (χ2n) is 9.57. The molecule has 0 aliphatic carbocycles. The Bertz CT molecular complexity index is 1330. The summed E-state index contributed by atoms with van der Waals surface area (Å²) in [5.41, 5.74) is 1.22. The first-order valence-electron chi connectivity index (χ1n) is 12.4. The van der Waals surface area contributed by atoms with E-state index in [9.17, 15) is 32.7 Å². The molecule has 0 saturated carbocycles. The van der Waals surface area contributed by atoms with Gasteiger partial charge in [0.1, 0.15) is 24.0 Å². The molecule has 1 aliphatic heterocycles. The van der Waals surface area contributed by atoms with Crippen molar-refractivity contribution in [3.8, 4) is 11.5 Å². The van der Waals surface area contributed by atoms with E-state index in [0.717, 1.165) is 12.3 Å². The summed E-state index contributed by atoms with van der Waals surface area (Å²) in [5.74, 6) is -4.92. The van der Waals surface area contributed by atoms with Crippen molar-refractivity contribution in [2.24, 2.45) is 5.41 Å². The van der Waals surface area contributed by atoms with Crippen molar-refractivity contribution >= 4 is 16.8 Å². The number of carbonyl (C=O) groups is 1. The standard InChI is InChI=1S/C27H29F4N3O5/c1-38-17-2-3-21-18(14-17)24(20(30)15-32-21)22(35)4-5-27(26(36)33-37)6-8-34(9-7-27)10-11-39-23-13-16(28)12-19(29)25(23)31/h2-3,12-15,22,35,37H,4-11H2,1H3,(H,33,36)/t22-/m1/s1. The molecule has 0 radical (unpaired) electrons. The van der Waals surface area contributed by atoms with Gasteiger partial charge in [0.05, 0.1) is 30.3 Å². The Hall–Kier alpha value is -3.48. The Morgan fingerprint density at radius 3 is 2.59 bits per heavy atom. The number of hydroxylamine groups is 1. The molecule has 0 bridgehead atoms. The fourth-order valence-electron chi connectivity index (χ4n) is 5.03. The lowest BCUT2D eigenvalue weighted by atomic mass is 9.73. The Morgan fingerprint density at radius 2 is 1.90 bits per heavy atom. The average Bonchev–Trinajstić information content (AvgIpc) is 2.94. The van der Waals surface area contributed by atoms with E-state index in [1.807, 2.05) is 4.90 Å². The minimum atomic E-state index is -1.34. The maximum absolute atomic E-state index is 14.8. The number of ether oxygens (including phenoxy) is 2. The van der Waals surface area contributed by atoms with Gasteiger partial charge in [-0.3, -0.25) is 19.9 Å². The van der Waals surface area contributed by atoms with Crippen molar-refractivity contribution in [3.05, 3.63) is 65.4 Å². The summed E-state index contributed by atoms with van der Waals surface area (Å²) < 4.78 is 65.7. The molecule has 1 saturated heterocycles. The van der Waals surface area contributed by atoms with E-state index in [0.29, 0.717) is 55.2 Å². The van der Waals surface area contributed by atoms with Crippen LogP contribution in [-0.4, -0.2) is 59.5 Å². The number of nitrogens with one attached hydrogen (secondary N) is 1. The topological polar surface area (TPSA) is 104 Å². The number of nitrogens with zero attached hydrogens (tertiary/aromatic N) is 2. The van der Waals surface area contributed by atoms with Crippen molar-refractivity contribution in [2.45, 2.75) is 31.8 Å². The van der Waals surface area contributed by atoms with Crippen molar-refractivity contribution < 1.29 is 42.1 Å². The predicted octanol–water partition coefficient (Wildman–Crippen LogP) is 4.28. The lowest BCUT2D eigenvalue weighted by molar-refractivity contribution is -0.144. The van der Waals surface area contributed by atoms with Crippen molar-refractivity contribution in [3.63, 3.8) is 0 Å². The van der Waals surface area contributed by atoms with Gasteiger partial charge in [0.25, 0.3) is 0 Å². The largest absolute Gasteiger partial charge is 0.497 e. The van der Waals surface area contributed by atoms with Gasteiger partial charge in [0, 0.05) is 29.6 Å². The van der Waals surface area contributed by atoms with Gasteiger partial charge >= 0.3 is 0 Å². The number of piperidine rings is 1. The van der Waals surface area contributed by atoms with E-state index in [2.05, 4.69) is 4.98 Å². The smallest absolute Gasteiger partial charge is 0.249 e. The fraction of sp³-hybridized carbons (Fsp3) is 0.407. The third kappa shape index (κ3) is 6.23. The maximum Gasteiger partial charge on any atom is 0.249 e. The number of aromatic nitrogens is 1. The number of pyridine rings is 1. The number of benzene rings is 2. The number of amides is 1. The molecule has 210 valence electrons. The summed E-state index contributed by atoms with van der Waals surface area (Å²) in [5, 5.41) is 20.8. The van der Waals surface area contributed by atoms with Crippen LogP contribution in [0.3, 0.4) is 0 Å². The van der Waals surface area contributed by atoms with E-state index in [-0.39, 0.29) is 25.0 Å². The second-order valence-corrected chi connectivity index (χ2v) is 9.57. The number of halogens is 4. The zero-order valence-corrected chi connectivity index (χ0v) is 21.2. The highest BCUT2D eigenvalue weighted by Gasteiger charge is 2.41. The minimum Gasteiger partial charge on any atom is -0.497 e. The Kier molecular flexibility index (Phi) is 8.88. The van der Waals surface area contributed by atoms with Gasteiger partial charge in [-0.2, -0.15) is 4.39 Å². The first-order chi connectivity index (χ1) is 18.7. The van der Waals surface area contributed by atoms with Crippen LogP contribution in [0.2, 0.25) is 0 Å². The highest BCUT2D eigenvalue weighted by atomic mass is 19.2. The molecule has 2 aromatic carbocycles. The molecule has 0 spiro atoms. The molecule has 0 unspecified atom stereocenters. The maximum atomic E-state index is 14.8. The number of fused-ring (bicyclic) bond motifs is 1. The molecule has 3 N–H and O–H groups in total. The highest BCUT2D eigenvalue weighted by Crippen LogP contribution is 2.40. The first kappa shape index (κ1) is 28.5. The van der Waals surface area contributed by atoms with Crippen LogP contribution >= 0.6 is 0 Å². The number of carbonyl (C=O) groups excluding carboxylic acids is 1. The molecule has 4 rings (SSSR count). The van der Waals surface area contributed by atoms with E-state index in [1.165, 1.54) is 7.11 Å². The second kappa shape index (κ2) is 12.1. The normalized spacial score (nSPS) is 16.2. The molecular formula is C27H29F4N3O5. The molecule has 1 amide bonds. The molecule has 1 aromatic heterocycles. The molecule has 12 heteroatoms. The Morgan fingerprint density at radius 1 is 1.15 bits per heavy atom. The average molecular weight is 552 g/mol. The van der Waals surface area contributed by atoms with Gasteiger partial charge in [0.2, 0.25) is 11.7 Å². The van der Waals surface area contributed by atoms with Crippen LogP contribution in [0.25, 0.3) is 10.9 Å². The summed E-state index contributed by atoms with van der Waals surface area (Å²) in [6, 6.07) is 6.11. The highest BCUT2D eigenvalue weighted by molar-refractivity contribution is 5.84. The number of likely N-dealkylation sites (tertiary alicyclic amines) is 1. The number of hydrogen-bond donors (Lipinski definition) is 3. The van der Waals surface area contributed by atoms with Crippen LogP contribution in [-0.2, 0) is 4.79 Å². The molecule has 1 fully saturated rings. The van der Waals surface area contributed by atoms with Gasteiger partial charge in [-0.05, 0) is 57.0 Å². The van der Waals surface area contributed by atoms with Gasteiger partial charge in [-0.15, -0.1) is 0 Å². The molecule has 8 nitrogen and oxygen atoms in total. The monoisotopic (exact) mass is 551 g/mol. The van der Waals surface area contributed by atoms with E-state index < -0.39 is 46.4 Å². The third-order valence-electron chi connectivity index (χ3n) is 7.32. The third-order valence-corrected chi connectivity index (χ3v) is 7.32. The van der Waals surface area contributed by atoms with Gasteiger partial charge in [0.15, 0.2) is 11.6 Å². The molecule has 3 aromatic rings.